The third-order valence-electron chi connectivity index (χ3n) is 8.26. The Kier molecular flexibility index (Phi) is 9.87. The highest BCUT2D eigenvalue weighted by molar-refractivity contribution is 5.98. The zero-order valence-corrected chi connectivity index (χ0v) is 27.7. The molecule has 0 spiro atoms. The number of aromatic nitrogens is 2. The SMILES string of the molecule is COc1cc2c(c(OC)c1OC)-c1ccc(NC(CC(C)C)C(=O)Nc3ccc4[nH]c(=O)c(=O)[nH]c4c3)c(=O)cc1C(NC(C)=O)CC2. The summed E-state index contributed by atoms with van der Waals surface area (Å²) in [4.78, 5) is 68.4. The van der Waals surface area contributed by atoms with E-state index in [4.69, 9.17) is 14.2 Å². The van der Waals surface area contributed by atoms with Crippen LogP contribution in [0.2, 0.25) is 0 Å². The molecule has 13 nitrogen and oxygen atoms in total. The molecule has 1 heterocycles. The molecule has 0 saturated heterocycles. The van der Waals surface area contributed by atoms with Crippen LogP contribution in [0, 0.1) is 5.92 Å². The Balaban J connectivity index is 1.58. The molecule has 0 saturated carbocycles. The van der Waals surface area contributed by atoms with E-state index in [2.05, 4.69) is 25.9 Å². The molecule has 2 unspecified atom stereocenters. The van der Waals surface area contributed by atoms with Crippen LogP contribution in [-0.4, -0.2) is 49.2 Å². The molecule has 0 fully saturated rings. The predicted octanol–water partition coefficient (Wildman–Crippen LogP) is 3.86. The Morgan fingerprint density at radius 1 is 0.896 bits per heavy atom. The Morgan fingerprint density at radius 3 is 2.25 bits per heavy atom. The van der Waals surface area contributed by atoms with E-state index in [1.165, 1.54) is 27.2 Å². The number of H-pyrrole nitrogens is 2. The normalized spacial score (nSPS) is 14.3. The molecule has 252 valence electrons. The van der Waals surface area contributed by atoms with Gasteiger partial charge in [0.1, 0.15) is 6.04 Å². The van der Waals surface area contributed by atoms with Crippen LogP contribution in [0.15, 0.2) is 56.8 Å². The zero-order chi connectivity index (χ0) is 34.7. The molecule has 13 heteroatoms. The molecular weight excluding hydrogens is 618 g/mol. The number of fused-ring (bicyclic) bond motifs is 4. The van der Waals surface area contributed by atoms with E-state index in [-0.39, 0.29) is 22.9 Å². The van der Waals surface area contributed by atoms with Crippen molar-refractivity contribution in [3.8, 4) is 28.4 Å². The second-order valence-corrected chi connectivity index (χ2v) is 12.1. The summed E-state index contributed by atoms with van der Waals surface area (Å²) in [5.41, 5.74) is 2.26. The number of ether oxygens (including phenoxy) is 3. The van der Waals surface area contributed by atoms with E-state index in [1.807, 2.05) is 19.9 Å². The van der Waals surface area contributed by atoms with Crippen molar-refractivity contribution in [3.05, 3.63) is 84.5 Å². The molecule has 1 aromatic heterocycles. The van der Waals surface area contributed by atoms with Gasteiger partial charge in [0.2, 0.25) is 23.0 Å². The number of aromatic amines is 2. The highest BCUT2D eigenvalue weighted by Crippen LogP contribution is 2.50. The lowest BCUT2D eigenvalue weighted by molar-refractivity contribution is -0.120. The molecule has 1 aliphatic carbocycles. The van der Waals surface area contributed by atoms with Crippen LogP contribution in [0.5, 0.6) is 17.2 Å². The number of hydrogen-bond donors (Lipinski definition) is 5. The highest BCUT2D eigenvalue weighted by atomic mass is 16.5. The number of amides is 2. The van der Waals surface area contributed by atoms with Gasteiger partial charge in [-0.15, -0.1) is 0 Å². The molecule has 5 rings (SSSR count). The van der Waals surface area contributed by atoms with Gasteiger partial charge in [0.05, 0.1) is 44.1 Å². The maximum atomic E-state index is 13.9. The van der Waals surface area contributed by atoms with Crippen molar-refractivity contribution in [2.75, 3.05) is 32.0 Å². The fraction of sp³-hybridized carbons (Fsp3) is 0.343. The lowest BCUT2D eigenvalue weighted by Gasteiger charge is -2.21. The molecular formula is C35H39N5O8. The average Bonchev–Trinajstić information content (AvgIpc) is 3.28. The van der Waals surface area contributed by atoms with E-state index < -0.39 is 29.1 Å². The van der Waals surface area contributed by atoms with E-state index in [0.717, 1.165) is 5.56 Å². The third-order valence-corrected chi connectivity index (χ3v) is 8.26. The van der Waals surface area contributed by atoms with Crippen molar-refractivity contribution >= 4 is 34.2 Å². The summed E-state index contributed by atoms with van der Waals surface area (Å²) in [5, 5.41) is 9.02. The van der Waals surface area contributed by atoms with Crippen molar-refractivity contribution in [2.45, 2.75) is 52.1 Å². The van der Waals surface area contributed by atoms with Crippen LogP contribution in [0.1, 0.15) is 50.8 Å². The molecule has 3 aromatic carbocycles. The summed E-state index contributed by atoms with van der Waals surface area (Å²) in [6.45, 7) is 5.36. The van der Waals surface area contributed by atoms with Crippen molar-refractivity contribution < 1.29 is 23.8 Å². The Hall–Kier alpha value is -5.59. The van der Waals surface area contributed by atoms with Crippen molar-refractivity contribution in [1.82, 2.24) is 15.3 Å². The van der Waals surface area contributed by atoms with Crippen LogP contribution in [-0.2, 0) is 16.0 Å². The molecule has 48 heavy (non-hydrogen) atoms. The Bertz CT molecular complexity index is 2070. The fourth-order valence-corrected chi connectivity index (χ4v) is 6.14. The number of anilines is 2. The van der Waals surface area contributed by atoms with Gasteiger partial charge in [-0.05, 0) is 78.3 Å². The maximum Gasteiger partial charge on any atom is 0.314 e. The van der Waals surface area contributed by atoms with Crippen LogP contribution in [0.4, 0.5) is 11.4 Å². The van der Waals surface area contributed by atoms with Crippen LogP contribution < -0.4 is 46.7 Å². The number of methoxy groups -OCH3 is 3. The summed E-state index contributed by atoms with van der Waals surface area (Å²) in [7, 11) is 4.60. The minimum Gasteiger partial charge on any atom is -0.493 e. The summed E-state index contributed by atoms with van der Waals surface area (Å²) in [5.74, 6) is 0.762. The largest absolute Gasteiger partial charge is 0.493 e. The molecule has 5 N–H and O–H groups in total. The number of carbonyl (C=O) groups is 2. The van der Waals surface area contributed by atoms with Gasteiger partial charge in [-0.25, -0.2) is 0 Å². The summed E-state index contributed by atoms with van der Waals surface area (Å²) in [6, 6.07) is 10.2. The smallest absolute Gasteiger partial charge is 0.314 e. The van der Waals surface area contributed by atoms with Crippen LogP contribution in [0.3, 0.4) is 0 Å². The van der Waals surface area contributed by atoms with E-state index >= 15 is 0 Å². The van der Waals surface area contributed by atoms with Crippen molar-refractivity contribution in [1.29, 1.82) is 0 Å². The monoisotopic (exact) mass is 657 g/mol. The highest BCUT2D eigenvalue weighted by Gasteiger charge is 2.30. The molecule has 1 aliphatic rings. The van der Waals surface area contributed by atoms with Gasteiger partial charge in [0.15, 0.2) is 11.5 Å². The quantitative estimate of drug-likeness (QED) is 0.158. The van der Waals surface area contributed by atoms with Crippen molar-refractivity contribution in [2.24, 2.45) is 5.92 Å². The standard InChI is InChI=1S/C35H39N5O8/c1-17(2)13-27(33(43)37-20-8-11-24-26(15-20)40-35(45)34(44)39-24)38-25-12-9-21-22(16-28(25)42)23(36-18(3)41)10-7-19-14-29(46-4)31(47-5)32(48-6)30(19)21/h8-9,11-12,14-17,23,27H,7,10,13H2,1-6H3,(H,36,41)(H,37,43)(H,38,42)(H,39,44)(H,40,45). The minimum atomic E-state index is -0.817. The van der Waals surface area contributed by atoms with Gasteiger partial charge in [0.25, 0.3) is 0 Å². The lowest BCUT2D eigenvalue weighted by atomic mass is 9.95. The number of nitrogens with one attached hydrogen (secondary N) is 5. The first-order valence-electron chi connectivity index (χ1n) is 15.5. The van der Waals surface area contributed by atoms with Crippen LogP contribution >= 0.6 is 0 Å². The Morgan fingerprint density at radius 2 is 1.60 bits per heavy atom. The van der Waals surface area contributed by atoms with Gasteiger partial charge in [-0.3, -0.25) is 24.0 Å². The molecule has 4 aromatic rings. The third kappa shape index (κ3) is 6.89. The van der Waals surface area contributed by atoms with Gasteiger partial charge in [-0.1, -0.05) is 19.9 Å². The van der Waals surface area contributed by atoms with E-state index in [0.29, 0.717) is 69.9 Å². The predicted molar refractivity (Wildman–Crippen MR) is 183 cm³/mol. The first kappa shape index (κ1) is 33.8. The molecule has 0 bridgehead atoms. The first-order valence-corrected chi connectivity index (χ1v) is 15.5. The number of carbonyl (C=O) groups excluding carboxylic acids is 2. The van der Waals surface area contributed by atoms with Gasteiger partial charge in [-0.2, -0.15) is 0 Å². The average molecular weight is 658 g/mol. The second kappa shape index (κ2) is 14.0. The molecule has 0 aliphatic heterocycles. The number of rotatable bonds is 10. The second-order valence-electron chi connectivity index (χ2n) is 12.1. The van der Waals surface area contributed by atoms with Gasteiger partial charge >= 0.3 is 11.1 Å². The fourth-order valence-electron chi connectivity index (χ4n) is 6.14. The van der Waals surface area contributed by atoms with Crippen molar-refractivity contribution in [3.63, 3.8) is 0 Å². The maximum absolute atomic E-state index is 13.9. The summed E-state index contributed by atoms with van der Waals surface area (Å²) >= 11 is 0. The molecule has 0 radical (unpaired) electrons. The van der Waals surface area contributed by atoms with Gasteiger partial charge in [0, 0.05) is 18.2 Å². The molecule has 2 amide bonds. The summed E-state index contributed by atoms with van der Waals surface area (Å²) in [6.07, 6.45) is 1.46. The number of benzene rings is 2. The van der Waals surface area contributed by atoms with E-state index in [9.17, 15) is 24.0 Å². The lowest BCUT2D eigenvalue weighted by Crippen LogP contribution is -2.37. The molecule has 2 atom stereocenters. The van der Waals surface area contributed by atoms with E-state index in [1.54, 1.807) is 37.4 Å². The van der Waals surface area contributed by atoms with Crippen LogP contribution in [0.25, 0.3) is 22.2 Å². The minimum absolute atomic E-state index is 0.0818. The van der Waals surface area contributed by atoms with Gasteiger partial charge < -0.3 is 40.1 Å². The topological polar surface area (TPSA) is 181 Å². The Labute approximate surface area is 276 Å². The zero-order valence-electron chi connectivity index (χ0n) is 27.7. The first-order chi connectivity index (χ1) is 22.9. The summed E-state index contributed by atoms with van der Waals surface area (Å²) < 4.78 is 17.1. The number of hydrogen-bond acceptors (Lipinski definition) is 9. The number of aryl methyl sites for hydroxylation is 1.